The van der Waals surface area contributed by atoms with Gasteiger partial charge in [0.15, 0.2) is 5.16 Å². The molecular weight excluding hydrogens is 304 g/mol. The van der Waals surface area contributed by atoms with Crippen LogP contribution in [0.4, 0.5) is 0 Å². The molecule has 23 heavy (non-hydrogen) atoms. The lowest BCUT2D eigenvalue weighted by Gasteiger charge is -2.16. The number of benzene rings is 1. The Morgan fingerprint density at radius 1 is 1.09 bits per heavy atom. The van der Waals surface area contributed by atoms with Gasteiger partial charge in [0.1, 0.15) is 5.82 Å². The van der Waals surface area contributed by atoms with Crippen molar-refractivity contribution in [2.45, 2.75) is 19.0 Å². The van der Waals surface area contributed by atoms with E-state index in [1.165, 1.54) is 10.9 Å². The number of aromatic nitrogens is 3. The largest absolute Gasteiger partial charge is 0.303 e. The fourth-order valence-electron chi connectivity index (χ4n) is 2.62. The van der Waals surface area contributed by atoms with Gasteiger partial charge in [-0.05, 0) is 36.7 Å². The van der Waals surface area contributed by atoms with Crippen molar-refractivity contribution in [2.24, 2.45) is 0 Å². The first-order valence-corrected chi connectivity index (χ1v) is 9.05. The van der Waals surface area contributed by atoms with Crippen LogP contribution >= 0.6 is 11.8 Å². The maximum atomic E-state index is 4.71. The van der Waals surface area contributed by atoms with Crippen LogP contribution < -0.4 is 0 Å². The highest BCUT2D eigenvalue weighted by molar-refractivity contribution is 7.99. The smallest absolute Gasteiger partial charge is 0.189 e. The van der Waals surface area contributed by atoms with E-state index in [1.54, 1.807) is 11.8 Å². The molecule has 1 aromatic carbocycles. The van der Waals surface area contributed by atoms with E-state index in [4.69, 9.17) is 4.98 Å². The summed E-state index contributed by atoms with van der Waals surface area (Å²) in [4.78, 5) is 11.5. The van der Waals surface area contributed by atoms with Crippen LogP contribution in [0.5, 0.6) is 0 Å². The second-order valence-corrected chi connectivity index (χ2v) is 6.38. The Balaban J connectivity index is 1.75. The molecule has 3 rings (SSSR count). The molecule has 0 aliphatic carbocycles. The van der Waals surface area contributed by atoms with Crippen LogP contribution in [0, 0.1) is 0 Å². The predicted molar refractivity (Wildman–Crippen MR) is 97.4 cm³/mol. The Morgan fingerprint density at radius 2 is 1.91 bits per heavy atom. The van der Waals surface area contributed by atoms with Gasteiger partial charge in [0.05, 0.1) is 5.52 Å². The van der Waals surface area contributed by atoms with Gasteiger partial charge in [-0.3, -0.25) is 0 Å². The molecule has 0 unspecified atom stereocenters. The molecule has 0 radical (unpaired) electrons. The number of rotatable bonds is 7. The Labute approximate surface area is 141 Å². The average molecular weight is 326 g/mol. The fraction of sp³-hybridized carbons (Fsp3) is 0.333. The van der Waals surface area contributed by atoms with E-state index in [-0.39, 0.29) is 0 Å². The van der Waals surface area contributed by atoms with E-state index in [2.05, 4.69) is 64.8 Å². The zero-order valence-electron chi connectivity index (χ0n) is 13.6. The van der Waals surface area contributed by atoms with E-state index in [1.807, 2.05) is 12.3 Å². The molecule has 0 atom stereocenters. The van der Waals surface area contributed by atoms with E-state index < -0.39 is 0 Å². The summed E-state index contributed by atoms with van der Waals surface area (Å²) in [5, 5.41) is 2.06. The number of hydrogen-bond acceptors (Lipinski definition) is 4. The summed E-state index contributed by atoms with van der Waals surface area (Å²) < 4.78 is 2.12. The summed E-state index contributed by atoms with van der Waals surface area (Å²) in [5.74, 6) is 1.93. The van der Waals surface area contributed by atoms with Crippen LogP contribution in [0.25, 0.3) is 16.7 Å². The molecule has 0 aliphatic heterocycles. The van der Waals surface area contributed by atoms with Crippen LogP contribution in [-0.2, 0) is 0 Å². The average Bonchev–Trinajstić information content (AvgIpc) is 3.03. The van der Waals surface area contributed by atoms with Crippen molar-refractivity contribution in [3.63, 3.8) is 0 Å². The number of para-hydroxylation sites is 1. The third-order valence-electron chi connectivity index (χ3n) is 4.00. The minimum atomic E-state index is 0.840. The van der Waals surface area contributed by atoms with Gasteiger partial charge >= 0.3 is 0 Å². The summed E-state index contributed by atoms with van der Waals surface area (Å²) in [6.45, 7) is 7.64. The summed E-state index contributed by atoms with van der Waals surface area (Å²) >= 11 is 1.72. The molecular formula is C18H22N4S. The van der Waals surface area contributed by atoms with Gasteiger partial charge in [0, 0.05) is 24.7 Å². The summed E-state index contributed by atoms with van der Waals surface area (Å²) in [7, 11) is 0. The van der Waals surface area contributed by atoms with Crippen LogP contribution in [0.2, 0.25) is 0 Å². The molecule has 0 fully saturated rings. The highest BCUT2D eigenvalue weighted by Gasteiger charge is 2.06. The van der Waals surface area contributed by atoms with Gasteiger partial charge < -0.3 is 9.47 Å². The third-order valence-corrected chi connectivity index (χ3v) is 4.84. The van der Waals surface area contributed by atoms with E-state index in [0.717, 1.165) is 36.4 Å². The van der Waals surface area contributed by atoms with Crippen molar-refractivity contribution in [3.05, 3.63) is 48.8 Å². The zero-order chi connectivity index (χ0) is 16.1. The van der Waals surface area contributed by atoms with E-state index in [9.17, 15) is 0 Å². The van der Waals surface area contributed by atoms with Crippen LogP contribution in [0.3, 0.4) is 0 Å². The lowest BCUT2D eigenvalue weighted by molar-refractivity contribution is 0.324. The van der Waals surface area contributed by atoms with E-state index >= 15 is 0 Å². The standard InChI is InChI=1S/C18H22N4S/c1-3-21(4-2)13-14-23-18-19-11-9-17(20-18)22-12-10-15-7-5-6-8-16(15)22/h5-12H,3-4,13-14H2,1-2H3. The molecule has 2 heterocycles. The first kappa shape index (κ1) is 16.0. The van der Waals surface area contributed by atoms with Gasteiger partial charge in [-0.1, -0.05) is 43.8 Å². The molecule has 120 valence electrons. The van der Waals surface area contributed by atoms with Crippen molar-refractivity contribution < 1.29 is 0 Å². The van der Waals surface area contributed by atoms with Gasteiger partial charge in [0.25, 0.3) is 0 Å². The molecule has 0 saturated heterocycles. The number of nitrogens with zero attached hydrogens (tertiary/aromatic N) is 4. The molecule has 0 saturated carbocycles. The monoisotopic (exact) mass is 326 g/mol. The predicted octanol–water partition coefficient (Wildman–Crippen LogP) is 3.85. The normalized spacial score (nSPS) is 11.4. The molecule has 0 spiro atoms. The highest BCUT2D eigenvalue weighted by atomic mass is 32.2. The second kappa shape index (κ2) is 7.62. The summed E-state index contributed by atoms with van der Waals surface area (Å²) in [6, 6.07) is 12.4. The van der Waals surface area contributed by atoms with Crippen LogP contribution in [0.15, 0.2) is 53.9 Å². The maximum Gasteiger partial charge on any atom is 0.189 e. The van der Waals surface area contributed by atoms with Crippen molar-refractivity contribution >= 4 is 22.7 Å². The Bertz CT molecular complexity index is 764. The lowest BCUT2D eigenvalue weighted by atomic mass is 10.2. The van der Waals surface area contributed by atoms with Gasteiger partial charge in [-0.2, -0.15) is 0 Å². The van der Waals surface area contributed by atoms with Crippen molar-refractivity contribution in [1.82, 2.24) is 19.4 Å². The minimum absolute atomic E-state index is 0.840. The molecule has 5 heteroatoms. The molecule has 0 bridgehead atoms. The molecule has 0 aliphatic rings. The third kappa shape index (κ3) is 3.74. The fourth-order valence-corrected chi connectivity index (χ4v) is 3.45. The molecule has 3 aromatic rings. The Morgan fingerprint density at radius 3 is 2.74 bits per heavy atom. The van der Waals surface area contributed by atoms with Gasteiger partial charge in [-0.25, -0.2) is 9.97 Å². The number of thioether (sulfide) groups is 1. The highest BCUT2D eigenvalue weighted by Crippen LogP contribution is 2.20. The van der Waals surface area contributed by atoms with Crippen molar-refractivity contribution in [1.29, 1.82) is 0 Å². The molecule has 0 amide bonds. The SMILES string of the molecule is CCN(CC)CCSc1nccc(-n2ccc3ccccc32)n1. The first-order valence-electron chi connectivity index (χ1n) is 8.06. The van der Waals surface area contributed by atoms with E-state index in [0.29, 0.717) is 0 Å². The summed E-state index contributed by atoms with van der Waals surface area (Å²) in [5.41, 5.74) is 1.17. The zero-order valence-corrected chi connectivity index (χ0v) is 14.5. The van der Waals surface area contributed by atoms with Crippen LogP contribution in [0.1, 0.15) is 13.8 Å². The topological polar surface area (TPSA) is 34.0 Å². The quantitative estimate of drug-likeness (QED) is 0.488. The number of fused-ring (bicyclic) bond motifs is 1. The molecule has 2 aromatic heterocycles. The van der Waals surface area contributed by atoms with Gasteiger partial charge in [-0.15, -0.1) is 0 Å². The Kier molecular flexibility index (Phi) is 5.31. The Hall–Kier alpha value is -1.85. The van der Waals surface area contributed by atoms with Crippen molar-refractivity contribution in [3.8, 4) is 5.82 Å². The van der Waals surface area contributed by atoms with Crippen LogP contribution in [-0.4, -0.2) is 44.8 Å². The molecule has 0 N–H and O–H groups in total. The minimum Gasteiger partial charge on any atom is -0.303 e. The van der Waals surface area contributed by atoms with Crippen molar-refractivity contribution in [2.75, 3.05) is 25.4 Å². The maximum absolute atomic E-state index is 4.71. The second-order valence-electron chi connectivity index (χ2n) is 5.32. The molecule has 4 nitrogen and oxygen atoms in total. The number of hydrogen-bond donors (Lipinski definition) is 0. The summed E-state index contributed by atoms with van der Waals surface area (Å²) in [6.07, 6.45) is 3.91. The first-order chi connectivity index (χ1) is 11.3. The lowest BCUT2D eigenvalue weighted by Crippen LogP contribution is -2.25. The van der Waals surface area contributed by atoms with Gasteiger partial charge in [0.2, 0.25) is 0 Å².